The quantitative estimate of drug-likeness (QED) is 0.0781. The van der Waals surface area contributed by atoms with Crippen LogP contribution in [0.2, 0.25) is 0 Å². The lowest BCUT2D eigenvalue weighted by atomic mass is 9.86. The molecule has 0 fully saturated rings. The SMILES string of the molecule is CCCCCCC(c1ccc(N)cc1)c1ccc(CCCCCc2ccc(C(CCCCCC)c3ccc(N)cc3)cc2)cc1. The summed E-state index contributed by atoms with van der Waals surface area (Å²) in [6.07, 6.45) is 18.8. The third-order valence-electron chi connectivity index (χ3n) is 9.57. The molecule has 0 aliphatic rings. The topological polar surface area (TPSA) is 52.0 Å². The van der Waals surface area contributed by atoms with E-state index in [2.05, 4.69) is 86.6 Å². The predicted molar refractivity (Wildman–Crippen MR) is 197 cm³/mol. The van der Waals surface area contributed by atoms with Gasteiger partial charge in [0.15, 0.2) is 0 Å². The molecule has 2 unspecified atom stereocenters. The Morgan fingerprint density at radius 2 is 0.689 bits per heavy atom. The highest BCUT2D eigenvalue weighted by molar-refractivity contribution is 5.44. The zero-order chi connectivity index (χ0) is 31.7. The van der Waals surface area contributed by atoms with Crippen LogP contribution in [0.5, 0.6) is 0 Å². The van der Waals surface area contributed by atoms with Crippen molar-refractivity contribution >= 4 is 11.4 Å². The standard InChI is InChI=1S/C43H58N2/c1-3-5-7-12-16-42(38-26-30-40(44)31-27-38)36-22-18-34(19-23-36)14-10-9-11-15-35-20-24-37(25-21-35)43(17-13-8-6-4-2)39-28-32-41(45)33-29-39/h18-33,42-43H,3-17,44-45H2,1-2H3. The predicted octanol–water partition coefficient (Wildman–Crippen LogP) is 12.0. The Labute approximate surface area is 274 Å². The molecule has 0 amide bonds. The Morgan fingerprint density at radius 3 is 1.02 bits per heavy atom. The number of anilines is 2. The summed E-state index contributed by atoms with van der Waals surface area (Å²) < 4.78 is 0. The van der Waals surface area contributed by atoms with E-state index in [1.54, 1.807) is 0 Å². The molecule has 0 spiro atoms. The van der Waals surface area contributed by atoms with Gasteiger partial charge in [-0.05, 0) is 96.2 Å². The smallest absolute Gasteiger partial charge is 0.0314 e. The Morgan fingerprint density at radius 1 is 0.378 bits per heavy atom. The molecule has 0 saturated heterocycles. The second-order valence-electron chi connectivity index (χ2n) is 13.2. The number of rotatable bonds is 20. The molecule has 0 heterocycles. The third-order valence-corrected chi connectivity index (χ3v) is 9.57. The van der Waals surface area contributed by atoms with Gasteiger partial charge in [0.2, 0.25) is 0 Å². The first kappa shape index (κ1) is 34.4. The molecule has 0 bridgehead atoms. The van der Waals surface area contributed by atoms with Gasteiger partial charge in [-0.25, -0.2) is 0 Å². The lowest BCUT2D eigenvalue weighted by molar-refractivity contribution is 0.596. The molecule has 45 heavy (non-hydrogen) atoms. The summed E-state index contributed by atoms with van der Waals surface area (Å²) in [7, 11) is 0. The maximum Gasteiger partial charge on any atom is 0.0314 e. The van der Waals surface area contributed by atoms with Gasteiger partial charge in [0, 0.05) is 23.2 Å². The molecule has 4 N–H and O–H groups in total. The van der Waals surface area contributed by atoms with Gasteiger partial charge in [0.05, 0.1) is 0 Å². The highest BCUT2D eigenvalue weighted by Gasteiger charge is 2.15. The number of hydrogen-bond donors (Lipinski definition) is 2. The van der Waals surface area contributed by atoms with Crippen LogP contribution in [0.25, 0.3) is 0 Å². The highest BCUT2D eigenvalue weighted by atomic mass is 14.5. The molecule has 2 heteroatoms. The summed E-state index contributed by atoms with van der Waals surface area (Å²) in [5.41, 5.74) is 22.2. The molecule has 0 aliphatic heterocycles. The van der Waals surface area contributed by atoms with Crippen LogP contribution in [0.3, 0.4) is 0 Å². The molecule has 0 radical (unpaired) electrons. The summed E-state index contributed by atoms with van der Waals surface area (Å²) in [4.78, 5) is 0. The second-order valence-corrected chi connectivity index (χ2v) is 13.2. The van der Waals surface area contributed by atoms with Gasteiger partial charge < -0.3 is 11.5 Å². The van der Waals surface area contributed by atoms with Gasteiger partial charge in [-0.15, -0.1) is 0 Å². The molecule has 2 nitrogen and oxygen atoms in total. The minimum Gasteiger partial charge on any atom is -0.399 e. The van der Waals surface area contributed by atoms with Crippen molar-refractivity contribution in [3.05, 3.63) is 130 Å². The first-order valence-electron chi connectivity index (χ1n) is 18.0. The van der Waals surface area contributed by atoms with Crippen molar-refractivity contribution in [3.8, 4) is 0 Å². The Hall–Kier alpha value is -3.52. The van der Waals surface area contributed by atoms with E-state index in [1.165, 1.54) is 117 Å². The largest absolute Gasteiger partial charge is 0.399 e. The van der Waals surface area contributed by atoms with E-state index in [4.69, 9.17) is 11.5 Å². The molecule has 0 aliphatic carbocycles. The van der Waals surface area contributed by atoms with E-state index in [1.807, 2.05) is 24.3 Å². The zero-order valence-corrected chi connectivity index (χ0v) is 28.2. The number of hydrogen-bond acceptors (Lipinski definition) is 2. The Kier molecular flexibility index (Phi) is 14.6. The average molecular weight is 603 g/mol. The van der Waals surface area contributed by atoms with Crippen molar-refractivity contribution in [2.24, 2.45) is 0 Å². The fourth-order valence-corrected chi connectivity index (χ4v) is 6.73. The number of nitrogens with two attached hydrogens (primary N) is 2. The van der Waals surface area contributed by atoms with Crippen LogP contribution in [-0.2, 0) is 12.8 Å². The van der Waals surface area contributed by atoms with Crippen LogP contribution in [0.15, 0.2) is 97.1 Å². The number of nitrogen functional groups attached to an aromatic ring is 2. The summed E-state index contributed by atoms with van der Waals surface area (Å²) in [5.74, 6) is 0.899. The molecule has 0 aromatic heterocycles. The second kappa shape index (κ2) is 19.1. The van der Waals surface area contributed by atoms with Crippen molar-refractivity contribution in [1.29, 1.82) is 0 Å². The van der Waals surface area contributed by atoms with Gasteiger partial charge in [0.25, 0.3) is 0 Å². The molecule has 4 aromatic carbocycles. The van der Waals surface area contributed by atoms with Gasteiger partial charge in [-0.3, -0.25) is 0 Å². The van der Waals surface area contributed by atoms with Crippen LogP contribution < -0.4 is 11.5 Å². The molecule has 0 saturated carbocycles. The average Bonchev–Trinajstić information content (AvgIpc) is 3.07. The van der Waals surface area contributed by atoms with Crippen molar-refractivity contribution in [3.63, 3.8) is 0 Å². The van der Waals surface area contributed by atoms with E-state index >= 15 is 0 Å². The van der Waals surface area contributed by atoms with E-state index in [-0.39, 0.29) is 0 Å². The monoisotopic (exact) mass is 602 g/mol. The fraction of sp³-hybridized carbons (Fsp3) is 0.442. The normalized spacial score (nSPS) is 12.7. The Bertz CT molecular complexity index is 1230. The van der Waals surface area contributed by atoms with Crippen LogP contribution in [0, 0.1) is 0 Å². The van der Waals surface area contributed by atoms with Crippen LogP contribution in [0.1, 0.15) is 143 Å². The molecule has 2 atom stereocenters. The maximum atomic E-state index is 5.99. The van der Waals surface area contributed by atoms with Gasteiger partial charge >= 0.3 is 0 Å². The zero-order valence-electron chi connectivity index (χ0n) is 28.2. The summed E-state index contributed by atoms with van der Waals surface area (Å²) in [5, 5.41) is 0. The number of aryl methyl sites for hydroxylation is 2. The molecule has 4 aromatic rings. The number of benzene rings is 4. The lowest BCUT2D eigenvalue weighted by Gasteiger charge is -2.19. The van der Waals surface area contributed by atoms with E-state index in [0.29, 0.717) is 11.8 Å². The van der Waals surface area contributed by atoms with Crippen LogP contribution in [0.4, 0.5) is 11.4 Å². The molecule has 240 valence electrons. The maximum absolute atomic E-state index is 5.99. The van der Waals surface area contributed by atoms with Crippen LogP contribution >= 0.6 is 0 Å². The van der Waals surface area contributed by atoms with E-state index in [0.717, 1.165) is 24.2 Å². The van der Waals surface area contributed by atoms with E-state index in [9.17, 15) is 0 Å². The van der Waals surface area contributed by atoms with Crippen LogP contribution in [-0.4, -0.2) is 0 Å². The minimum absolute atomic E-state index is 0.450. The minimum atomic E-state index is 0.450. The van der Waals surface area contributed by atoms with Gasteiger partial charge in [-0.1, -0.05) is 144 Å². The van der Waals surface area contributed by atoms with Crippen molar-refractivity contribution < 1.29 is 0 Å². The first-order chi connectivity index (χ1) is 22.1. The van der Waals surface area contributed by atoms with Crippen molar-refractivity contribution in [1.82, 2.24) is 0 Å². The number of unbranched alkanes of at least 4 members (excludes halogenated alkanes) is 8. The summed E-state index contributed by atoms with van der Waals surface area (Å²) in [6.45, 7) is 4.56. The van der Waals surface area contributed by atoms with Gasteiger partial charge in [-0.2, -0.15) is 0 Å². The molecular weight excluding hydrogens is 544 g/mol. The Balaban J connectivity index is 1.25. The van der Waals surface area contributed by atoms with Gasteiger partial charge in [0.1, 0.15) is 0 Å². The molecular formula is C43H58N2. The molecule has 4 rings (SSSR count). The lowest BCUT2D eigenvalue weighted by Crippen LogP contribution is -2.02. The van der Waals surface area contributed by atoms with E-state index < -0.39 is 0 Å². The fourth-order valence-electron chi connectivity index (χ4n) is 6.73. The summed E-state index contributed by atoms with van der Waals surface area (Å²) >= 11 is 0. The third kappa shape index (κ3) is 11.4. The summed E-state index contributed by atoms with van der Waals surface area (Å²) in [6, 6.07) is 36.0. The van der Waals surface area contributed by atoms with Crippen molar-refractivity contribution in [2.75, 3.05) is 11.5 Å². The van der Waals surface area contributed by atoms with Crippen molar-refractivity contribution in [2.45, 2.75) is 122 Å². The highest BCUT2D eigenvalue weighted by Crippen LogP contribution is 2.32. The first-order valence-corrected chi connectivity index (χ1v) is 18.0.